The van der Waals surface area contributed by atoms with Crippen LogP contribution < -0.4 is 10.6 Å². The summed E-state index contributed by atoms with van der Waals surface area (Å²) in [6.07, 6.45) is 0. The number of nitrogens with one attached hydrogen (secondary N) is 2. The van der Waals surface area contributed by atoms with Gasteiger partial charge >= 0.3 is 0 Å². The number of nitrogens with zero attached hydrogens (tertiary/aromatic N) is 1. The second-order valence-electron chi connectivity index (χ2n) is 3.88. The summed E-state index contributed by atoms with van der Waals surface area (Å²) in [5.74, 6) is -0.183. The third-order valence-electron chi connectivity index (χ3n) is 2.40. The predicted molar refractivity (Wildman–Crippen MR) is 75.4 cm³/mol. The summed E-state index contributed by atoms with van der Waals surface area (Å²) in [5.41, 5.74) is 4.01. The van der Waals surface area contributed by atoms with Crippen LogP contribution in [0.5, 0.6) is 0 Å². The van der Waals surface area contributed by atoms with E-state index in [4.69, 9.17) is 0 Å². The van der Waals surface area contributed by atoms with Gasteiger partial charge in [-0.05, 0) is 31.5 Å². The summed E-state index contributed by atoms with van der Waals surface area (Å²) < 4.78 is 0. The van der Waals surface area contributed by atoms with Crippen LogP contribution in [0.4, 0.5) is 10.7 Å². The van der Waals surface area contributed by atoms with Crippen molar-refractivity contribution in [3.63, 3.8) is 0 Å². The molecule has 1 aromatic heterocycles. The number of amides is 1. The topological polar surface area (TPSA) is 54.0 Å². The Labute approximate surface area is 110 Å². The molecule has 2 N–H and O–H groups in total. The Morgan fingerprint density at radius 2 is 2.28 bits per heavy atom. The fourth-order valence-corrected chi connectivity index (χ4v) is 2.36. The lowest BCUT2D eigenvalue weighted by atomic mass is 10.2. The largest absolute Gasteiger partial charge is 0.375 e. The highest BCUT2D eigenvalue weighted by atomic mass is 32.1. The highest BCUT2D eigenvalue weighted by Crippen LogP contribution is 2.21. The van der Waals surface area contributed by atoms with E-state index in [0.29, 0.717) is 5.69 Å². The average molecular weight is 261 g/mol. The molecule has 1 aromatic carbocycles. The molecular weight excluding hydrogens is 246 g/mol. The van der Waals surface area contributed by atoms with Crippen molar-refractivity contribution >= 4 is 27.9 Å². The molecule has 4 nitrogen and oxygen atoms in total. The van der Waals surface area contributed by atoms with E-state index in [-0.39, 0.29) is 5.91 Å². The zero-order valence-electron chi connectivity index (χ0n) is 10.4. The summed E-state index contributed by atoms with van der Waals surface area (Å²) in [7, 11) is 0. The van der Waals surface area contributed by atoms with Crippen LogP contribution in [-0.4, -0.2) is 17.4 Å². The summed E-state index contributed by atoms with van der Waals surface area (Å²) in [6.45, 7) is 4.75. The molecule has 0 aliphatic heterocycles. The first kappa shape index (κ1) is 12.6. The smallest absolute Gasteiger partial charge is 0.277 e. The van der Waals surface area contributed by atoms with Crippen LogP contribution in [0.15, 0.2) is 29.8 Å². The maximum atomic E-state index is 12.1. The van der Waals surface area contributed by atoms with Gasteiger partial charge in [0.25, 0.3) is 5.91 Å². The zero-order chi connectivity index (χ0) is 13.0. The van der Waals surface area contributed by atoms with Gasteiger partial charge in [-0.2, -0.15) is 0 Å². The van der Waals surface area contributed by atoms with E-state index in [2.05, 4.69) is 15.6 Å². The molecule has 1 amide bonds. The van der Waals surface area contributed by atoms with E-state index in [0.717, 1.165) is 22.8 Å². The number of aromatic nitrogens is 1. The molecule has 0 radical (unpaired) electrons. The number of hydrogen-bond acceptors (Lipinski definition) is 4. The van der Waals surface area contributed by atoms with Crippen LogP contribution in [0.3, 0.4) is 0 Å². The molecule has 1 heterocycles. The Balaban J connectivity index is 2.14. The van der Waals surface area contributed by atoms with E-state index in [1.165, 1.54) is 11.3 Å². The second kappa shape index (κ2) is 5.64. The summed E-state index contributed by atoms with van der Waals surface area (Å²) in [4.78, 5) is 16.2. The van der Waals surface area contributed by atoms with Crippen LogP contribution in [0.2, 0.25) is 0 Å². The molecule has 2 aromatic rings. The van der Waals surface area contributed by atoms with Crippen molar-refractivity contribution in [2.45, 2.75) is 13.8 Å². The molecule has 0 fully saturated rings. The van der Waals surface area contributed by atoms with Crippen LogP contribution in [-0.2, 0) is 0 Å². The molecule has 5 heteroatoms. The number of carbonyl (C=O) groups excluding carboxylic acids is 1. The molecule has 2 rings (SSSR count). The van der Waals surface area contributed by atoms with Crippen molar-refractivity contribution in [1.82, 2.24) is 4.98 Å². The van der Waals surface area contributed by atoms with Crippen LogP contribution in [0.1, 0.15) is 23.0 Å². The van der Waals surface area contributed by atoms with Gasteiger partial charge < -0.3 is 10.6 Å². The molecule has 0 saturated heterocycles. The highest BCUT2D eigenvalue weighted by molar-refractivity contribution is 7.14. The van der Waals surface area contributed by atoms with E-state index in [1.807, 2.05) is 38.1 Å². The molecular formula is C13H15N3OS. The number of aryl methyl sites for hydroxylation is 1. The van der Waals surface area contributed by atoms with Gasteiger partial charge in [0.05, 0.1) is 5.51 Å². The Hall–Kier alpha value is -1.88. The zero-order valence-corrected chi connectivity index (χ0v) is 11.2. The molecule has 0 aliphatic carbocycles. The van der Waals surface area contributed by atoms with Crippen molar-refractivity contribution in [2.75, 3.05) is 17.2 Å². The highest BCUT2D eigenvalue weighted by Gasteiger charge is 2.14. The minimum absolute atomic E-state index is 0.183. The third-order valence-corrected chi connectivity index (χ3v) is 3.18. The fraction of sp³-hybridized carbons (Fsp3) is 0.231. The lowest BCUT2D eigenvalue weighted by Crippen LogP contribution is -2.14. The van der Waals surface area contributed by atoms with Gasteiger partial charge in [-0.15, -0.1) is 11.3 Å². The molecule has 0 saturated carbocycles. The normalized spacial score (nSPS) is 10.1. The molecule has 0 bridgehead atoms. The van der Waals surface area contributed by atoms with Crippen molar-refractivity contribution in [3.8, 4) is 0 Å². The number of rotatable bonds is 4. The summed E-state index contributed by atoms with van der Waals surface area (Å²) in [6, 6.07) is 7.70. The van der Waals surface area contributed by atoms with Crippen molar-refractivity contribution in [3.05, 3.63) is 41.0 Å². The van der Waals surface area contributed by atoms with Gasteiger partial charge in [0, 0.05) is 12.2 Å². The van der Waals surface area contributed by atoms with Crippen molar-refractivity contribution in [1.29, 1.82) is 0 Å². The predicted octanol–water partition coefficient (Wildman–Crippen LogP) is 3.14. The van der Waals surface area contributed by atoms with E-state index in [9.17, 15) is 4.79 Å². The van der Waals surface area contributed by atoms with Crippen molar-refractivity contribution < 1.29 is 4.79 Å². The lowest BCUT2D eigenvalue weighted by Gasteiger charge is -2.06. The van der Waals surface area contributed by atoms with E-state index in [1.54, 1.807) is 5.51 Å². The monoisotopic (exact) mass is 261 g/mol. The minimum Gasteiger partial charge on any atom is -0.375 e. The van der Waals surface area contributed by atoms with Gasteiger partial charge in [-0.25, -0.2) is 4.98 Å². The molecule has 0 aliphatic rings. The van der Waals surface area contributed by atoms with Gasteiger partial charge in [-0.1, -0.05) is 12.1 Å². The summed E-state index contributed by atoms with van der Waals surface area (Å²) in [5, 5.41) is 6.79. The quantitative estimate of drug-likeness (QED) is 0.889. The third kappa shape index (κ3) is 2.87. The first-order chi connectivity index (χ1) is 8.70. The molecule has 94 valence electrons. The van der Waals surface area contributed by atoms with E-state index < -0.39 is 0 Å². The lowest BCUT2D eigenvalue weighted by molar-refractivity contribution is 0.102. The van der Waals surface area contributed by atoms with Crippen LogP contribution in [0.25, 0.3) is 0 Å². The number of carbonyl (C=O) groups is 1. The Kier molecular flexibility index (Phi) is 3.94. The van der Waals surface area contributed by atoms with E-state index >= 15 is 0 Å². The Morgan fingerprint density at radius 3 is 3.00 bits per heavy atom. The minimum atomic E-state index is -0.183. The molecule has 0 unspecified atom stereocenters. The van der Waals surface area contributed by atoms with Gasteiger partial charge in [-0.3, -0.25) is 4.79 Å². The maximum Gasteiger partial charge on any atom is 0.277 e. The maximum absolute atomic E-state index is 12.1. The first-order valence-corrected chi connectivity index (χ1v) is 6.64. The van der Waals surface area contributed by atoms with Crippen LogP contribution in [0, 0.1) is 6.92 Å². The number of anilines is 2. The standard InChI is InChI=1S/C13H15N3OS/c1-3-14-13-11(15-8-18-13)12(17)16-10-6-4-5-9(2)7-10/h4-8,14H,3H2,1-2H3,(H,16,17). The SMILES string of the molecule is CCNc1scnc1C(=O)Nc1cccc(C)c1. The van der Waals surface area contributed by atoms with Gasteiger partial charge in [0.1, 0.15) is 5.00 Å². The molecule has 18 heavy (non-hydrogen) atoms. The van der Waals surface area contributed by atoms with Crippen molar-refractivity contribution in [2.24, 2.45) is 0 Å². The molecule has 0 atom stereocenters. The second-order valence-corrected chi connectivity index (χ2v) is 4.74. The fourth-order valence-electron chi connectivity index (χ4n) is 1.61. The Bertz CT molecular complexity index is 551. The summed E-state index contributed by atoms with van der Waals surface area (Å²) >= 11 is 1.43. The van der Waals surface area contributed by atoms with Crippen LogP contribution >= 0.6 is 11.3 Å². The first-order valence-electron chi connectivity index (χ1n) is 5.76. The average Bonchev–Trinajstić information content (AvgIpc) is 2.78. The molecule has 0 spiro atoms. The number of benzene rings is 1. The van der Waals surface area contributed by atoms with Gasteiger partial charge in [0.2, 0.25) is 0 Å². The van der Waals surface area contributed by atoms with Gasteiger partial charge in [0.15, 0.2) is 5.69 Å². The Morgan fingerprint density at radius 1 is 1.44 bits per heavy atom. The number of hydrogen-bond donors (Lipinski definition) is 2. The number of thiazole rings is 1.